The zero-order valence-corrected chi connectivity index (χ0v) is 11.3. The van der Waals surface area contributed by atoms with Crippen molar-refractivity contribution in [1.82, 2.24) is 0 Å². The van der Waals surface area contributed by atoms with Crippen LogP contribution in [0, 0.1) is 0 Å². The predicted molar refractivity (Wildman–Crippen MR) is 75.5 cm³/mol. The molecule has 0 saturated carbocycles. The molecular formula is C15H18O2S. The van der Waals surface area contributed by atoms with Crippen molar-refractivity contribution in [2.24, 2.45) is 0 Å². The third-order valence-corrected chi connectivity index (χ3v) is 3.89. The van der Waals surface area contributed by atoms with Gasteiger partial charge in [-0.05, 0) is 42.5 Å². The van der Waals surface area contributed by atoms with E-state index in [1.54, 1.807) is 11.3 Å². The Labute approximate surface area is 112 Å². The molecule has 0 aliphatic heterocycles. The molecule has 0 saturated heterocycles. The maximum Gasteiger partial charge on any atom is 0.119 e. The summed E-state index contributed by atoms with van der Waals surface area (Å²) in [6.45, 7) is 2.84. The fourth-order valence-electron chi connectivity index (χ4n) is 1.99. The second-order valence-corrected chi connectivity index (χ2v) is 5.16. The molecule has 3 heteroatoms. The Kier molecular flexibility index (Phi) is 4.79. The van der Waals surface area contributed by atoms with E-state index in [2.05, 4.69) is 23.6 Å². The van der Waals surface area contributed by atoms with Crippen LogP contribution in [0.15, 0.2) is 41.8 Å². The number of thiophene rings is 1. The molecule has 0 aliphatic rings. The van der Waals surface area contributed by atoms with Crippen LogP contribution in [0.5, 0.6) is 5.75 Å². The van der Waals surface area contributed by atoms with E-state index < -0.39 is 0 Å². The van der Waals surface area contributed by atoms with Gasteiger partial charge in [0.15, 0.2) is 0 Å². The lowest BCUT2D eigenvalue weighted by Crippen LogP contribution is -2.06. The molecule has 0 bridgehead atoms. The topological polar surface area (TPSA) is 29.5 Å². The minimum absolute atomic E-state index is 0.180. The minimum Gasteiger partial charge on any atom is -0.494 e. The van der Waals surface area contributed by atoms with Gasteiger partial charge in [-0.2, -0.15) is 0 Å². The van der Waals surface area contributed by atoms with E-state index in [1.807, 2.05) is 25.1 Å². The van der Waals surface area contributed by atoms with E-state index in [-0.39, 0.29) is 12.5 Å². The first-order chi connectivity index (χ1) is 8.83. The molecule has 0 spiro atoms. The van der Waals surface area contributed by atoms with Gasteiger partial charge in [-0.1, -0.05) is 18.2 Å². The van der Waals surface area contributed by atoms with Gasteiger partial charge >= 0.3 is 0 Å². The average molecular weight is 262 g/mol. The van der Waals surface area contributed by atoms with Gasteiger partial charge in [0, 0.05) is 10.8 Å². The van der Waals surface area contributed by atoms with Crippen LogP contribution in [-0.2, 0) is 6.42 Å². The summed E-state index contributed by atoms with van der Waals surface area (Å²) >= 11 is 1.70. The van der Waals surface area contributed by atoms with Crippen LogP contribution < -0.4 is 4.74 Å². The maximum atomic E-state index is 9.51. The molecule has 1 unspecified atom stereocenters. The van der Waals surface area contributed by atoms with Crippen LogP contribution >= 0.6 is 11.3 Å². The lowest BCUT2D eigenvalue weighted by atomic mass is 9.98. The quantitative estimate of drug-likeness (QED) is 0.864. The number of hydrogen-bond acceptors (Lipinski definition) is 3. The summed E-state index contributed by atoms with van der Waals surface area (Å²) in [6.07, 6.45) is 0.845. The SMILES string of the molecule is CCOc1cccc(CC(CO)c2cccs2)c1. The van der Waals surface area contributed by atoms with Crippen molar-refractivity contribution in [1.29, 1.82) is 0 Å². The third-order valence-electron chi connectivity index (χ3n) is 2.86. The van der Waals surface area contributed by atoms with Crippen LogP contribution in [0.2, 0.25) is 0 Å². The summed E-state index contributed by atoms with van der Waals surface area (Å²) in [5.41, 5.74) is 1.20. The van der Waals surface area contributed by atoms with Gasteiger partial charge in [0.25, 0.3) is 0 Å². The normalized spacial score (nSPS) is 12.3. The molecule has 0 fully saturated rings. The fraction of sp³-hybridized carbons (Fsp3) is 0.333. The largest absolute Gasteiger partial charge is 0.494 e. The van der Waals surface area contributed by atoms with Crippen LogP contribution in [0.25, 0.3) is 0 Å². The molecule has 1 atom stereocenters. The first kappa shape index (κ1) is 13.1. The number of rotatable bonds is 6. The molecular weight excluding hydrogens is 244 g/mol. The highest BCUT2D eigenvalue weighted by Crippen LogP contribution is 2.26. The van der Waals surface area contributed by atoms with Crippen molar-refractivity contribution in [3.63, 3.8) is 0 Å². The molecule has 2 nitrogen and oxygen atoms in total. The molecule has 1 heterocycles. The summed E-state index contributed by atoms with van der Waals surface area (Å²) in [7, 11) is 0. The van der Waals surface area contributed by atoms with Gasteiger partial charge in [0.05, 0.1) is 13.2 Å². The van der Waals surface area contributed by atoms with Crippen LogP contribution in [0.3, 0.4) is 0 Å². The second kappa shape index (κ2) is 6.57. The fourth-order valence-corrected chi connectivity index (χ4v) is 2.81. The lowest BCUT2D eigenvalue weighted by molar-refractivity contribution is 0.266. The lowest BCUT2D eigenvalue weighted by Gasteiger charge is -2.13. The predicted octanol–water partition coefficient (Wildman–Crippen LogP) is 3.47. The van der Waals surface area contributed by atoms with Gasteiger partial charge in [-0.15, -0.1) is 11.3 Å². The van der Waals surface area contributed by atoms with Crippen molar-refractivity contribution in [2.75, 3.05) is 13.2 Å². The molecule has 1 aromatic carbocycles. The summed E-state index contributed by atoms with van der Waals surface area (Å²) in [5, 5.41) is 11.6. The standard InChI is InChI=1S/C15H18O2S/c1-2-17-14-6-3-5-12(10-14)9-13(11-16)15-7-4-8-18-15/h3-8,10,13,16H,2,9,11H2,1H3. The maximum absolute atomic E-state index is 9.51. The molecule has 0 amide bonds. The highest BCUT2D eigenvalue weighted by molar-refractivity contribution is 7.10. The second-order valence-electron chi connectivity index (χ2n) is 4.18. The van der Waals surface area contributed by atoms with E-state index >= 15 is 0 Å². The van der Waals surface area contributed by atoms with Crippen molar-refractivity contribution in [2.45, 2.75) is 19.3 Å². The molecule has 1 N–H and O–H groups in total. The van der Waals surface area contributed by atoms with E-state index in [0.29, 0.717) is 6.61 Å². The van der Waals surface area contributed by atoms with Gasteiger partial charge in [0.1, 0.15) is 5.75 Å². The molecule has 0 radical (unpaired) electrons. The van der Waals surface area contributed by atoms with E-state index in [1.165, 1.54) is 10.4 Å². The highest BCUT2D eigenvalue weighted by atomic mass is 32.1. The Bertz CT molecular complexity index is 465. The molecule has 2 aromatic rings. The van der Waals surface area contributed by atoms with Gasteiger partial charge in [-0.3, -0.25) is 0 Å². The first-order valence-electron chi connectivity index (χ1n) is 6.19. The number of hydrogen-bond donors (Lipinski definition) is 1. The number of aliphatic hydroxyl groups excluding tert-OH is 1. The Hall–Kier alpha value is -1.32. The highest BCUT2D eigenvalue weighted by Gasteiger charge is 2.12. The van der Waals surface area contributed by atoms with Gasteiger partial charge in [-0.25, -0.2) is 0 Å². The summed E-state index contributed by atoms with van der Waals surface area (Å²) in [5.74, 6) is 1.08. The number of benzene rings is 1. The minimum atomic E-state index is 0.180. The van der Waals surface area contributed by atoms with Gasteiger partial charge in [0.2, 0.25) is 0 Å². The van der Waals surface area contributed by atoms with Crippen molar-refractivity contribution >= 4 is 11.3 Å². The smallest absolute Gasteiger partial charge is 0.119 e. The first-order valence-corrected chi connectivity index (χ1v) is 7.07. The molecule has 0 aliphatic carbocycles. The Morgan fingerprint density at radius 3 is 2.83 bits per heavy atom. The Morgan fingerprint density at radius 2 is 2.17 bits per heavy atom. The van der Waals surface area contributed by atoms with Crippen molar-refractivity contribution < 1.29 is 9.84 Å². The Morgan fingerprint density at radius 1 is 1.28 bits per heavy atom. The van der Waals surface area contributed by atoms with Crippen LogP contribution in [0.4, 0.5) is 0 Å². The van der Waals surface area contributed by atoms with E-state index in [0.717, 1.165) is 12.2 Å². The van der Waals surface area contributed by atoms with Crippen LogP contribution in [-0.4, -0.2) is 18.3 Å². The number of aliphatic hydroxyl groups is 1. The average Bonchev–Trinajstić information content (AvgIpc) is 2.90. The summed E-state index contributed by atoms with van der Waals surface area (Å²) in [4.78, 5) is 1.24. The van der Waals surface area contributed by atoms with E-state index in [9.17, 15) is 5.11 Å². The van der Waals surface area contributed by atoms with E-state index in [4.69, 9.17) is 4.74 Å². The third kappa shape index (κ3) is 3.34. The zero-order chi connectivity index (χ0) is 12.8. The zero-order valence-electron chi connectivity index (χ0n) is 10.5. The molecule has 2 rings (SSSR count). The molecule has 1 aromatic heterocycles. The molecule has 18 heavy (non-hydrogen) atoms. The monoisotopic (exact) mass is 262 g/mol. The van der Waals surface area contributed by atoms with Crippen LogP contribution in [0.1, 0.15) is 23.3 Å². The summed E-state index contributed by atoms with van der Waals surface area (Å²) in [6, 6.07) is 12.2. The number of ether oxygens (including phenoxy) is 1. The van der Waals surface area contributed by atoms with Crippen molar-refractivity contribution in [3.8, 4) is 5.75 Å². The van der Waals surface area contributed by atoms with Gasteiger partial charge < -0.3 is 9.84 Å². The molecule has 96 valence electrons. The summed E-state index contributed by atoms with van der Waals surface area (Å²) < 4.78 is 5.49. The van der Waals surface area contributed by atoms with Crippen molar-refractivity contribution in [3.05, 3.63) is 52.2 Å². The Balaban J connectivity index is 2.09.